The smallest absolute Gasteiger partial charge is 0.310 e. The van der Waals surface area contributed by atoms with Crippen molar-refractivity contribution in [3.05, 3.63) is 0 Å². The molecule has 2 rings (SSSR count). The lowest BCUT2D eigenvalue weighted by atomic mass is 9.98. The van der Waals surface area contributed by atoms with Crippen molar-refractivity contribution in [1.82, 2.24) is 15.1 Å². The highest BCUT2D eigenvalue weighted by atomic mass is 127. The summed E-state index contributed by atoms with van der Waals surface area (Å²) < 4.78 is 5.16. The fourth-order valence-electron chi connectivity index (χ4n) is 3.81. The van der Waals surface area contributed by atoms with Gasteiger partial charge in [-0.15, -0.1) is 24.0 Å². The van der Waals surface area contributed by atoms with Crippen molar-refractivity contribution in [1.29, 1.82) is 0 Å². The topological polar surface area (TPSA) is 74.2 Å². The minimum absolute atomic E-state index is 0. The number of piperidine rings is 2. The number of ether oxygens (including phenoxy) is 1. The maximum Gasteiger partial charge on any atom is 0.310 e. The van der Waals surface area contributed by atoms with Gasteiger partial charge in [-0.2, -0.15) is 0 Å². The van der Waals surface area contributed by atoms with Gasteiger partial charge >= 0.3 is 5.97 Å². The molecule has 0 spiro atoms. The van der Waals surface area contributed by atoms with E-state index in [1.165, 1.54) is 6.42 Å². The van der Waals surface area contributed by atoms with Crippen LogP contribution in [-0.4, -0.2) is 74.0 Å². The van der Waals surface area contributed by atoms with Gasteiger partial charge in [0.15, 0.2) is 5.96 Å². The summed E-state index contributed by atoms with van der Waals surface area (Å²) >= 11 is 0. The molecule has 0 aromatic rings. The zero-order valence-electron chi connectivity index (χ0n) is 16.9. The average Bonchev–Trinajstić information content (AvgIpc) is 2.65. The molecule has 2 aliphatic rings. The fourth-order valence-corrected chi connectivity index (χ4v) is 3.81. The lowest BCUT2D eigenvalue weighted by Crippen LogP contribution is -2.49. The highest BCUT2D eigenvalue weighted by Crippen LogP contribution is 2.18. The molecule has 0 aliphatic carbocycles. The number of aliphatic imine (C=N–C) groups is 1. The molecule has 8 heteroatoms. The van der Waals surface area contributed by atoms with E-state index < -0.39 is 0 Å². The number of nitrogens with zero attached hydrogens (tertiary/aromatic N) is 3. The molecule has 0 aromatic carbocycles. The van der Waals surface area contributed by atoms with Crippen molar-refractivity contribution in [2.45, 2.75) is 46.0 Å². The number of hydrogen-bond donors (Lipinski definition) is 1. The van der Waals surface area contributed by atoms with E-state index >= 15 is 0 Å². The molecule has 7 nitrogen and oxygen atoms in total. The van der Waals surface area contributed by atoms with Crippen LogP contribution < -0.4 is 5.32 Å². The van der Waals surface area contributed by atoms with Crippen LogP contribution in [0, 0.1) is 11.8 Å². The molecular formula is C19H35IN4O3. The first kappa shape index (κ1) is 24.0. The van der Waals surface area contributed by atoms with Crippen LogP contribution in [0.2, 0.25) is 0 Å². The van der Waals surface area contributed by atoms with Gasteiger partial charge in [0.1, 0.15) is 0 Å². The average molecular weight is 494 g/mol. The van der Waals surface area contributed by atoms with Gasteiger partial charge in [-0.1, -0.05) is 6.92 Å². The maximum absolute atomic E-state index is 12.4. The summed E-state index contributed by atoms with van der Waals surface area (Å²) in [7, 11) is 1.74. The van der Waals surface area contributed by atoms with Crippen LogP contribution >= 0.6 is 24.0 Å². The summed E-state index contributed by atoms with van der Waals surface area (Å²) in [5.74, 6) is 1.35. The van der Waals surface area contributed by atoms with Gasteiger partial charge in [-0.3, -0.25) is 14.6 Å². The Morgan fingerprint density at radius 3 is 2.52 bits per heavy atom. The van der Waals surface area contributed by atoms with Gasteiger partial charge < -0.3 is 19.9 Å². The SMILES string of the molecule is CCOC(=O)[C@H]1CCCN(C(=NC)NCCC(=O)N2CCCC(C)C2)C1.I. The van der Waals surface area contributed by atoms with Crippen molar-refractivity contribution < 1.29 is 14.3 Å². The van der Waals surface area contributed by atoms with E-state index in [1.54, 1.807) is 7.05 Å². The van der Waals surface area contributed by atoms with Gasteiger partial charge in [-0.05, 0) is 38.5 Å². The zero-order valence-corrected chi connectivity index (χ0v) is 19.2. The number of esters is 1. The van der Waals surface area contributed by atoms with Crippen LogP contribution in [0.4, 0.5) is 0 Å². The molecule has 156 valence electrons. The van der Waals surface area contributed by atoms with E-state index in [9.17, 15) is 9.59 Å². The Kier molecular flexibility index (Phi) is 11.0. The number of nitrogens with one attached hydrogen (secondary N) is 1. The van der Waals surface area contributed by atoms with Crippen LogP contribution in [0.3, 0.4) is 0 Å². The minimum atomic E-state index is -0.123. The quantitative estimate of drug-likeness (QED) is 0.274. The number of hydrogen-bond acceptors (Lipinski definition) is 4. The molecule has 2 atom stereocenters. The molecule has 0 bridgehead atoms. The second-order valence-electron chi connectivity index (χ2n) is 7.35. The maximum atomic E-state index is 12.4. The van der Waals surface area contributed by atoms with E-state index in [-0.39, 0.29) is 41.8 Å². The molecule has 1 amide bonds. The third-order valence-electron chi connectivity index (χ3n) is 5.18. The Labute approximate surface area is 180 Å². The van der Waals surface area contributed by atoms with Crippen molar-refractivity contribution in [2.24, 2.45) is 16.8 Å². The number of carbonyl (C=O) groups excluding carboxylic acids is 2. The van der Waals surface area contributed by atoms with Gasteiger partial charge in [0.2, 0.25) is 5.91 Å². The van der Waals surface area contributed by atoms with Gasteiger partial charge in [-0.25, -0.2) is 0 Å². The van der Waals surface area contributed by atoms with Gasteiger partial charge in [0.05, 0.1) is 12.5 Å². The minimum Gasteiger partial charge on any atom is -0.466 e. The number of carbonyl (C=O) groups is 2. The molecule has 2 heterocycles. The second kappa shape index (κ2) is 12.4. The zero-order chi connectivity index (χ0) is 18.9. The highest BCUT2D eigenvalue weighted by molar-refractivity contribution is 14.0. The number of guanidine groups is 1. The summed E-state index contributed by atoms with van der Waals surface area (Å²) in [6.07, 6.45) is 4.59. The van der Waals surface area contributed by atoms with E-state index in [4.69, 9.17) is 4.74 Å². The van der Waals surface area contributed by atoms with Crippen LogP contribution in [-0.2, 0) is 14.3 Å². The van der Waals surface area contributed by atoms with Crippen molar-refractivity contribution >= 4 is 41.8 Å². The van der Waals surface area contributed by atoms with Crippen molar-refractivity contribution in [3.8, 4) is 0 Å². The first-order chi connectivity index (χ1) is 12.5. The third kappa shape index (κ3) is 7.46. The Bertz CT molecular complexity index is 515. The summed E-state index contributed by atoms with van der Waals surface area (Å²) in [4.78, 5) is 32.8. The predicted octanol–water partition coefficient (Wildman–Crippen LogP) is 2.10. The highest BCUT2D eigenvalue weighted by Gasteiger charge is 2.28. The van der Waals surface area contributed by atoms with E-state index in [0.29, 0.717) is 32.0 Å². The Morgan fingerprint density at radius 2 is 1.85 bits per heavy atom. The standard InChI is InChI=1S/C19H34N4O3.HI/c1-4-26-18(25)16-8-6-12-23(14-16)19(20-3)21-10-9-17(24)22-11-5-7-15(2)13-22;/h15-16H,4-14H2,1-3H3,(H,20,21);1H/t15?,16-;/m0./s1. The van der Waals surface area contributed by atoms with Gasteiger partial charge in [0.25, 0.3) is 0 Å². The molecule has 2 fully saturated rings. The predicted molar refractivity (Wildman–Crippen MR) is 117 cm³/mol. The van der Waals surface area contributed by atoms with Crippen LogP contribution in [0.25, 0.3) is 0 Å². The van der Waals surface area contributed by atoms with Gasteiger partial charge in [0, 0.05) is 46.2 Å². The Hall–Kier alpha value is -1.06. The van der Waals surface area contributed by atoms with Crippen LogP contribution in [0.5, 0.6) is 0 Å². The normalized spacial score (nSPS) is 23.4. The van der Waals surface area contributed by atoms with E-state index in [1.807, 2.05) is 11.8 Å². The number of halogens is 1. The molecule has 1 N–H and O–H groups in total. The first-order valence-corrected chi connectivity index (χ1v) is 9.95. The van der Waals surface area contributed by atoms with E-state index in [0.717, 1.165) is 44.9 Å². The first-order valence-electron chi connectivity index (χ1n) is 9.95. The largest absolute Gasteiger partial charge is 0.466 e. The Morgan fingerprint density at radius 1 is 1.15 bits per heavy atom. The summed E-state index contributed by atoms with van der Waals surface area (Å²) in [6.45, 7) is 8.26. The summed E-state index contributed by atoms with van der Waals surface area (Å²) in [5, 5.41) is 3.29. The lowest BCUT2D eigenvalue weighted by molar-refractivity contribution is -0.149. The molecule has 0 radical (unpaired) electrons. The van der Waals surface area contributed by atoms with Crippen LogP contribution in [0.1, 0.15) is 46.0 Å². The van der Waals surface area contributed by atoms with E-state index in [2.05, 4.69) is 22.1 Å². The molecular weight excluding hydrogens is 459 g/mol. The third-order valence-corrected chi connectivity index (χ3v) is 5.18. The molecule has 0 saturated carbocycles. The molecule has 27 heavy (non-hydrogen) atoms. The lowest BCUT2D eigenvalue weighted by Gasteiger charge is -2.34. The monoisotopic (exact) mass is 494 g/mol. The van der Waals surface area contributed by atoms with Crippen molar-refractivity contribution in [3.63, 3.8) is 0 Å². The number of rotatable bonds is 5. The summed E-state index contributed by atoms with van der Waals surface area (Å²) in [6, 6.07) is 0. The molecule has 0 aromatic heterocycles. The fraction of sp³-hybridized carbons (Fsp3) is 0.842. The molecule has 2 saturated heterocycles. The van der Waals surface area contributed by atoms with Crippen LogP contribution in [0.15, 0.2) is 4.99 Å². The van der Waals surface area contributed by atoms with Crippen molar-refractivity contribution in [2.75, 3.05) is 46.4 Å². The second-order valence-corrected chi connectivity index (χ2v) is 7.35. The number of likely N-dealkylation sites (tertiary alicyclic amines) is 2. The molecule has 1 unspecified atom stereocenters. The molecule has 2 aliphatic heterocycles. The summed E-state index contributed by atoms with van der Waals surface area (Å²) in [5.41, 5.74) is 0. The number of amides is 1. The Balaban J connectivity index is 0.00000364.